The average molecular weight is 291 g/mol. The summed E-state index contributed by atoms with van der Waals surface area (Å²) in [4.78, 5) is 25.9. The lowest BCUT2D eigenvalue weighted by molar-refractivity contribution is -0.130. The summed E-state index contributed by atoms with van der Waals surface area (Å²) in [6.45, 7) is 10.9. The van der Waals surface area contributed by atoms with Crippen LogP contribution in [0.25, 0.3) is 0 Å². The zero-order chi connectivity index (χ0) is 14.8. The number of hydrogen-bond acceptors (Lipinski definition) is 4. The van der Waals surface area contributed by atoms with Crippen molar-refractivity contribution < 1.29 is 4.79 Å². The third-order valence-electron chi connectivity index (χ3n) is 4.81. The molecule has 2 unspecified atom stereocenters. The molecule has 0 radical (unpaired) electrons. The smallest absolute Gasteiger partial charge is 0.219 e. The molecule has 21 heavy (non-hydrogen) atoms. The van der Waals surface area contributed by atoms with E-state index in [-0.39, 0.29) is 5.91 Å². The van der Waals surface area contributed by atoms with E-state index in [9.17, 15) is 4.79 Å². The molecule has 1 aromatic rings. The second-order valence-corrected chi connectivity index (χ2v) is 6.32. The maximum absolute atomic E-state index is 11.4. The lowest BCUT2D eigenvalue weighted by atomic mass is 10.0. The van der Waals surface area contributed by atoms with Gasteiger partial charge < -0.3 is 9.88 Å². The van der Waals surface area contributed by atoms with Crippen molar-refractivity contribution in [2.75, 3.05) is 39.3 Å². The van der Waals surface area contributed by atoms with Gasteiger partial charge in [0.05, 0.1) is 6.54 Å². The zero-order valence-electron chi connectivity index (χ0n) is 13.0. The van der Waals surface area contributed by atoms with E-state index in [1.807, 2.05) is 17.3 Å². The van der Waals surface area contributed by atoms with E-state index in [4.69, 9.17) is 0 Å². The number of piperazine rings is 1. The van der Waals surface area contributed by atoms with Gasteiger partial charge in [-0.05, 0) is 5.92 Å². The van der Waals surface area contributed by atoms with Gasteiger partial charge in [-0.25, -0.2) is 4.98 Å². The second-order valence-electron chi connectivity index (χ2n) is 6.32. The Morgan fingerprint density at radius 3 is 2.71 bits per heavy atom. The first kappa shape index (κ1) is 14.5. The standard InChI is InChI=1S/C15H25N5O/c1-12-9-18(11-15-16-3-4-17-15)10-14(12)20-7-5-19(6-8-20)13(2)21/h3-4,12,14H,5-11H2,1-2H3,(H,16,17). The lowest BCUT2D eigenvalue weighted by Crippen LogP contribution is -2.53. The summed E-state index contributed by atoms with van der Waals surface area (Å²) in [6, 6.07) is 0.606. The quantitative estimate of drug-likeness (QED) is 0.875. The maximum atomic E-state index is 11.4. The summed E-state index contributed by atoms with van der Waals surface area (Å²) < 4.78 is 0. The number of hydrogen-bond donors (Lipinski definition) is 1. The number of rotatable bonds is 3. The molecule has 6 nitrogen and oxygen atoms in total. The fraction of sp³-hybridized carbons (Fsp3) is 0.733. The van der Waals surface area contributed by atoms with Crippen molar-refractivity contribution in [1.82, 2.24) is 24.7 Å². The minimum atomic E-state index is 0.202. The van der Waals surface area contributed by atoms with Crippen LogP contribution in [0.2, 0.25) is 0 Å². The first-order valence-corrected chi connectivity index (χ1v) is 7.83. The molecule has 116 valence electrons. The monoisotopic (exact) mass is 291 g/mol. The molecular weight excluding hydrogens is 266 g/mol. The molecule has 1 N–H and O–H groups in total. The van der Waals surface area contributed by atoms with Gasteiger partial charge in [-0.2, -0.15) is 0 Å². The van der Waals surface area contributed by atoms with Crippen molar-refractivity contribution in [3.63, 3.8) is 0 Å². The molecule has 1 aromatic heterocycles. The van der Waals surface area contributed by atoms with E-state index in [1.54, 1.807) is 6.92 Å². The van der Waals surface area contributed by atoms with Gasteiger partial charge in [0.2, 0.25) is 5.91 Å². The van der Waals surface area contributed by atoms with Crippen LogP contribution in [0, 0.1) is 5.92 Å². The number of carbonyl (C=O) groups is 1. The Morgan fingerprint density at radius 2 is 2.10 bits per heavy atom. The van der Waals surface area contributed by atoms with E-state index in [2.05, 4.69) is 26.7 Å². The molecule has 0 bridgehead atoms. The molecule has 2 aliphatic heterocycles. The third kappa shape index (κ3) is 3.27. The van der Waals surface area contributed by atoms with Gasteiger partial charge in [-0.3, -0.25) is 14.6 Å². The van der Waals surface area contributed by atoms with Crippen LogP contribution in [0.3, 0.4) is 0 Å². The van der Waals surface area contributed by atoms with Crippen LogP contribution in [-0.2, 0) is 11.3 Å². The Bertz CT molecular complexity index is 466. The number of aromatic nitrogens is 2. The predicted molar refractivity (Wildman–Crippen MR) is 80.6 cm³/mol. The summed E-state index contributed by atoms with van der Waals surface area (Å²) in [7, 11) is 0. The van der Waals surface area contributed by atoms with E-state index in [1.165, 1.54) is 0 Å². The number of amides is 1. The highest BCUT2D eigenvalue weighted by Crippen LogP contribution is 2.23. The molecule has 0 aliphatic carbocycles. The number of likely N-dealkylation sites (tertiary alicyclic amines) is 1. The van der Waals surface area contributed by atoms with E-state index >= 15 is 0 Å². The number of nitrogens with one attached hydrogen (secondary N) is 1. The van der Waals surface area contributed by atoms with Crippen molar-refractivity contribution >= 4 is 5.91 Å². The molecule has 3 rings (SSSR count). The van der Waals surface area contributed by atoms with Gasteiger partial charge in [0.15, 0.2) is 0 Å². The fourth-order valence-corrected chi connectivity index (χ4v) is 3.62. The number of carbonyl (C=O) groups excluding carboxylic acids is 1. The van der Waals surface area contributed by atoms with Crippen molar-refractivity contribution in [3.8, 4) is 0 Å². The molecule has 3 heterocycles. The first-order chi connectivity index (χ1) is 10.1. The predicted octanol–water partition coefficient (Wildman–Crippen LogP) is 0.394. The van der Waals surface area contributed by atoms with Crippen LogP contribution in [0.4, 0.5) is 0 Å². The van der Waals surface area contributed by atoms with Crippen LogP contribution >= 0.6 is 0 Å². The van der Waals surface area contributed by atoms with Crippen molar-refractivity contribution in [2.24, 2.45) is 5.92 Å². The van der Waals surface area contributed by atoms with Gasteiger partial charge in [-0.15, -0.1) is 0 Å². The number of H-pyrrole nitrogens is 1. The van der Waals surface area contributed by atoms with Crippen molar-refractivity contribution in [2.45, 2.75) is 26.4 Å². The van der Waals surface area contributed by atoms with Crippen LogP contribution in [-0.4, -0.2) is 75.9 Å². The molecule has 6 heteroatoms. The lowest BCUT2D eigenvalue weighted by Gasteiger charge is -2.39. The molecule has 2 fully saturated rings. The first-order valence-electron chi connectivity index (χ1n) is 7.83. The van der Waals surface area contributed by atoms with E-state index < -0.39 is 0 Å². The normalized spacial score (nSPS) is 28.2. The molecule has 2 aliphatic rings. The van der Waals surface area contributed by atoms with Crippen LogP contribution in [0.5, 0.6) is 0 Å². The maximum Gasteiger partial charge on any atom is 0.219 e. The second kappa shape index (κ2) is 6.15. The molecular formula is C15H25N5O. The minimum absolute atomic E-state index is 0.202. The van der Waals surface area contributed by atoms with Crippen LogP contribution in [0.15, 0.2) is 12.4 Å². The summed E-state index contributed by atoms with van der Waals surface area (Å²) in [5, 5.41) is 0. The topological polar surface area (TPSA) is 55.5 Å². The Labute approximate surface area is 126 Å². The van der Waals surface area contributed by atoms with Gasteiger partial charge in [0.25, 0.3) is 0 Å². The Morgan fingerprint density at radius 1 is 1.33 bits per heavy atom. The average Bonchev–Trinajstić information content (AvgIpc) is 3.09. The molecule has 1 amide bonds. The van der Waals surface area contributed by atoms with Crippen LogP contribution < -0.4 is 0 Å². The number of nitrogens with zero attached hydrogens (tertiary/aromatic N) is 4. The highest BCUT2D eigenvalue weighted by Gasteiger charge is 2.35. The van der Waals surface area contributed by atoms with Gasteiger partial charge in [0.1, 0.15) is 5.82 Å². The zero-order valence-corrected chi connectivity index (χ0v) is 13.0. The Hall–Kier alpha value is -1.40. The molecule has 0 aromatic carbocycles. The van der Waals surface area contributed by atoms with Gasteiger partial charge in [-0.1, -0.05) is 6.92 Å². The summed E-state index contributed by atoms with van der Waals surface area (Å²) in [5.41, 5.74) is 0. The summed E-state index contributed by atoms with van der Waals surface area (Å²) in [5.74, 6) is 1.92. The molecule has 2 atom stereocenters. The Balaban J connectivity index is 1.53. The number of imidazole rings is 1. The molecule has 0 saturated carbocycles. The third-order valence-corrected chi connectivity index (χ3v) is 4.81. The highest BCUT2D eigenvalue weighted by atomic mass is 16.2. The minimum Gasteiger partial charge on any atom is -0.348 e. The van der Waals surface area contributed by atoms with Crippen molar-refractivity contribution in [3.05, 3.63) is 18.2 Å². The van der Waals surface area contributed by atoms with Gasteiger partial charge in [0, 0.05) is 64.6 Å². The largest absolute Gasteiger partial charge is 0.348 e. The van der Waals surface area contributed by atoms with Crippen molar-refractivity contribution in [1.29, 1.82) is 0 Å². The van der Waals surface area contributed by atoms with Crippen LogP contribution in [0.1, 0.15) is 19.7 Å². The molecule has 2 saturated heterocycles. The highest BCUT2D eigenvalue weighted by molar-refractivity contribution is 5.73. The fourth-order valence-electron chi connectivity index (χ4n) is 3.62. The summed E-state index contributed by atoms with van der Waals surface area (Å²) >= 11 is 0. The molecule has 0 spiro atoms. The Kier molecular flexibility index (Phi) is 4.26. The van der Waals surface area contributed by atoms with E-state index in [0.717, 1.165) is 51.6 Å². The SMILES string of the molecule is CC(=O)N1CCN(C2CN(Cc3ncc[nH]3)CC2C)CC1. The van der Waals surface area contributed by atoms with E-state index in [0.29, 0.717) is 12.0 Å². The summed E-state index contributed by atoms with van der Waals surface area (Å²) in [6.07, 6.45) is 3.70. The van der Waals surface area contributed by atoms with Gasteiger partial charge >= 0.3 is 0 Å². The number of aromatic amines is 1.